The van der Waals surface area contributed by atoms with E-state index < -0.39 is 23.4 Å². The van der Waals surface area contributed by atoms with Gasteiger partial charge in [0.2, 0.25) is 0 Å². The van der Waals surface area contributed by atoms with E-state index in [4.69, 9.17) is 14.2 Å². The monoisotopic (exact) mass is 437 g/mol. The summed E-state index contributed by atoms with van der Waals surface area (Å²) < 4.78 is 17.9. The topological polar surface area (TPSA) is 122 Å². The maximum Gasteiger partial charge on any atom is 0.338 e. The predicted molar refractivity (Wildman–Crippen MR) is 113 cm³/mol. The molecule has 0 bridgehead atoms. The number of fused-ring (bicyclic) bond motifs is 1. The van der Waals surface area contributed by atoms with Crippen LogP contribution in [0.2, 0.25) is 0 Å². The molecule has 0 spiro atoms. The molecular weight excluding hydrogens is 418 g/mol. The van der Waals surface area contributed by atoms with Gasteiger partial charge in [-0.1, -0.05) is 6.07 Å². The summed E-state index contributed by atoms with van der Waals surface area (Å²) in [5.74, 6) is -0.886. The maximum atomic E-state index is 12.4. The summed E-state index contributed by atoms with van der Waals surface area (Å²) in [4.78, 5) is 35.5. The van der Waals surface area contributed by atoms with Crippen LogP contribution in [0.25, 0.3) is 5.69 Å². The first-order chi connectivity index (χ1) is 15.5. The van der Waals surface area contributed by atoms with Crippen LogP contribution in [0.15, 0.2) is 60.9 Å². The molecule has 4 rings (SSSR count). The van der Waals surface area contributed by atoms with E-state index in [-0.39, 0.29) is 22.7 Å². The first kappa shape index (κ1) is 20.9. The first-order valence-electron chi connectivity index (χ1n) is 9.80. The fourth-order valence-corrected chi connectivity index (χ4v) is 3.15. The van der Waals surface area contributed by atoms with Crippen molar-refractivity contribution >= 4 is 23.3 Å². The highest BCUT2D eigenvalue weighted by molar-refractivity contribution is 5.97. The molecule has 0 saturated carbocycles. The lowest BCUT2D eigenvalue weighted by Crippen LogP contribution is -2.21. The summed E-state index contributed by atoms with van der Waals surface area (Å²) in [7, 11) is 0. The lowest BCUT2D eigenvalue weighted by molar-refractivity contribution is -0.384. The first-order valence-corrected chi connectivity index (χ1v) is 9.80. The van der Waals surface area contributed by atoms with E-state index in [0.29, 0.717) is 25.4 Å². The van der Waals surface area contributed by atoms with E-state index in [9.17, 15) is 19.7 Å². The van der Waals surface area contributed by atoms with Crippen molar-refractivity contribution < 1.29 is 28.7 Å². The van der Waals surface area contributed by atoms with Gasteiger partial charge in [0.15, 0.2) is 18.1 Å². The van der Waals surface area contributed by atoms with Crippen molar-refractivity contribution in [1.82, 2.24) is 4.57 Å². The number of nitro benzene ring substituents is 1. The minimum absolute atomic E-state index is 0.0742. The van der Waals surface area contributed by atoms with Crippen molar-refractivity contribution in [3.8, 4) is 17.2 Å². The molecule has 0 aliphatic carbocycles. The van der Waals surface area contributed by atoms with Gasteiger partial charge in [-0.05, 0) is 30.3 Å². The third kappa shape index (κ3) is 4.69. The third-order valence-corrected chi connectivity index (χ3v) is 4.66. The zero-order chi connectivity index (χ0) is 22.5. The van der Waals surface area contributed by atoms with Gasteiger partial charge in [-0.25, -0.2) is 4.79 Å². The van der Waals surface area contributed by atoms with Crippen LogP contribution in [0.4, 0.5) is 11.4 Å². The highest BCUT2D eigenvalue weighted by Crippen LogP contribution is 2.39. The number of carbonyl (C=O) groups excluding carboxylic acids is 2. The number of hydrogen-bond donors (Lipinski definition) is 1. The average Bonchev–Trinajstić information content (AvgIpc) is 3.23. The fourth-order valence-electron chi connectivity index (χ4n) is 3.15. The quantitative estimate of drug-likeness (QED) is 0.356. The Balaban J connectivity index is 1.43. The van der Waals surface area contributed by atoms with Gasteiger partial charge in [-0.3, -0.25) is 14.9 Å². The molecule has 1 N–H and O–H groups in total. The van der Waals surface area contributed by atoms with Crippen LogP contribution < -0.4 is 14.8 Å². The summed E-state index contributed by atoms with van der Waals surface area (Å²) in [5, 5.41) is 13.8. The van der Waals surface area contributed by atoms with Gasteiger partial charge in [0.25, 0.3) is 11.6 Å². The lowest BCUT2D eigenvalue weighted by Gasteiger charge is -2.11. The molecule has 164 valence electrons. The molecule has 2 heterocycles. The molecular formula is C22H19N3O7. The van der Waals surface area contributed by atoms with Gasteiger partial charge in [-0.2, -0.15) is 0 Å². The second-order valence-electron chi connectivity index (χ2n) is 6.89. The molecule has 0 atom stereocenters. The van der Waals surface area contributed by atoms with Gasteiger partial charge in [0.1, 0.15) is 5.69 Å². The number of nitro groups is 1. The minimum Gasteiger partial charge on any atom is -0.489 e. The smallest absolute Gasteiger partial charge is 0.338 e. The molecule has 1 amide bonds. The number of nitrogens with zero attached hydrogens (tertiary/aromatic N) is 2. The number of carbonyl (C=O) groups is 2. The highest BCUT2D eigenvalue weighted by atomic mass is 16.6. The van der Waals surface area contributed by atoms with E-state index >= 15 is 0 Å². The summed E-state index contributed by atoms with van der Waals surface area (Å²) in [5.41, 5.74) is 0.602. The van der Waals surface area contributed by atoms with Gasteiger partial charge in [-0.15, -0.1) is 0 Å². The van der Waals surface area contributed by atoms with Crippen molar-refractivity contribution in [3.63, 3.8) is 0 Å². The molecule has 0 radical (unpaired) electrons. The highest BCUT2D eigenvalue weighted by Gasteiger charge is 2.23. The molecule has 0 saturated heterocycles. The van der Waals surface area contributed by atoms with Crippen molar-refractivity contribution in [2.45, 2.75) is 6.42 Å². The largest absolute Gasteiger partial charge is 0.489 e. The second kappa shape index (κ2) is 9.21. The number of nitrogens with one attached hydrogen (secondary N) is 1. The molecule has 0 unspecified atom stereocenters. The minimum atomic E-state index is -0.725. The Kier molecular flexibility index (Phi) is 6.02. The van der Waals surface area contributed by atoms with E-state index in [0.717, 1.165) is 5.69 Å². The van der Waals surface area contributed by atoms with E-state index in [1.165, 1.54) is 12.1 Å². The van der Waals surface area contributed by atoms with Crippen molar-refractivity contribution in [3.05, 3.63) is 76.6 Å². The zero-order valence-corrected chi connectivity index (χ0v) is 16.9. The van der Waals surface area contributed by atoms with Crippen LogP contribution in [0.1, 0.15) is 16.8 Å². The molecule has 1 aliphatic heterocycles. The normalized spacial score (nSPS) is 12.5. The number of anilines is 1. The van der Waals surface area contributed by atoms with E-state index in [1.807, 2.05) is 35.2 Å². The zero-order valence-electron chi connectivity index (χ0n) is 16.9. The average molecular weight is 437 g/mol. The number of aromatic nitrogens is 1. The van der Waals surface area contributed by atoms with E-state index in [1.54, 1.807) is 18.2 Å². The van der Waals surface area contributed by atoms with Gasteiger partial charge < -0.3 is 24.1 Å². The number of ether oxygens (including phenoxy) is 3. The predicted octanol–water partition coefficient (Wildman–Crippen LogP) is 3.34. The van der Waals surface area contributed by atoms with Crippen LogP contribution in [0.5, 0.6) is 11.5 Å². The number of esters is 1. The van der Waals surface area contributed by atoms with Crippen LogP contribution in [0, 0.1) is 10.1 Å². The van der Waals surface area contributed by atoms with Crippen molar-refractivity contribution in [1.29, 1.82) is 0 Å². The summed E-state index contributed by atoms with van der Waals surface area (Å²) in [6.07, 6.45) is 4.30. The van der Waals surface area contributed by atoms with E-state index in [2.05, 4.69) is 5.32 Å². The Bertz CT molecular complexity index is 1160. The lowest BCUT2D eigenvalue weighted by atomic mass is 10.2. The van der Waals surface area contributed by atoms with Gasteiger partial charge in [0, 0.05) is 30.6 Å². The Hall–Kier alpha value is -4.34. The maximum absolute atomic E-state index is 12.4. The van der Waals surface area contributed by atoms with Crippen LogP contribution >= 0.6 is 0 Å². The molecule has 3 aromatic rings. The summed E-state index contributed by atoms with van der Waals surface area (Å²) >= 11 is 0. The number of hydrogen-bond acceptors (Lipinski definition) is 7. The van der Waals surface area contributed by atoms with Crippen molar-refractivity contribution in [2.24, 2.45) is 0 Å². The molecule has 1 aromatic heterocycles. The molecule has 2 aromatic carbocycles. The van der Waals surface area contributed by atoms with Crippen LogP contribution in [0.3, 0.4) is 0 Å². The Labute approximate surface area is 182 Å². The van der Waals surface area contributed by atoms with Gasteiger partial charge >= 0.3 is 5.97 Å². The number of amides is 1. The van der Waals surface area contributed by atoms with Crippen LogP contribution in [-0.2, 0) is 9.53 Å². The molecule has 32 heavy (non-hydrogen) atoms. The van der Waals surface area contributed by atoms with Crippen molar-refractivity contribution in [2.75, 3.05) is 25.1 Å². The molecule has 10 nitrogen and oxygen atoms in total. The summed E-state index contributed by atoms with van der Waals surface area (Å²) in [6, 6.07) is 13.0. The standard InChI is InChI=1S/C22H19N3O7/c26-21(14-32-22(27)15-5-3-6-16(11-15)24-7-1-2-8-24)23-17-12-19-20(13-18(17)25(28)29)31-10-4-9-30-19/h1-3,5-8,11-13H,4,9-10,14H2,(H,23,26). The third-order valence-electron chi connectivity index (χ3n) is 4.66. The second-order valence-corrected chi connectivity index (χ2v) is 6.89. The number of benzene rings is 2. The van der Waals surface area contributed by atoms with Crippen LogP contribution in [-0.4, -0.2) is 41.2 Å². The summed E-state index contributed by atoms with van der Waals surface area (Å²) in [6.45, 7) is 0.146. The Morgan fingerprint density at radius 1 is 1.06 bits per heavy atom. The molecule has 1 aliphatic rings. The molecule has 10 heteroatoms. The molecule has 0 fully saturated rings. The Morgan fingerprint density at radius 3 is 2.50 bits per heavy atom. The number of rotatable bonds is 6. The fraction of sp³-hybridized carbons (Fsp3) is 0.182. The Morgan fingerprint density at radius 2 is 1.78 bits per heavy atom. The van der Waals surface area contributed by atoms with Gasteiger partial charge in [0.05, 0.1) is 29.8 Å². The SMILES string of the molecule is O=C(COC(=O)c1cccc(-n2cccc2)c1)Nc1cc2c(cc1[N+](=O)[O-])OCCCO2.